The van der Waals surface area contributed by atoms with Crippen LogP contribution < -0.4 is 4.90 Å². The molecule has 0 fully saturated rings. The predicted molar refractivity (Wildman–Crippen MR) is 121 cm³/mol. The highest BCUT2D eigenvalue weighted by Gasteiger charge is 2.47. The maximum Gasteiger partial charge on any atom is 0.321 e. The van der Waals surface area contributed by atoms with Gasteiger partial charge in [-0.3, -0.25) is 14.5 Å². The maximum absolute atomic E-state index is 13.7. The summed E-state index contributed by atoms with van der Waals surface area (Å²) in [5.74, 6) is -1.25. The van der Waals surface area contributed by atoms with E-state index in [2.05, 4.69) is 6.92 Å². The number of halogens is 1. The number of fused-ring (bicyclic) bond motifs is 3. The van der Waals surface area contributed by atoms with Gasteiger partial charge in [-0.15, -0.1) is 0 Å². The van der Waals surface area contributed by atoms with Gasteiger partial charge < -0.3 is 9.30 Å². The number of amides is 1. The molecule has 2 atom stereocenters. The Morgan fingerprint density at radius 1 is 1.13 bits per heavy atom. The largest absolute Gasteiger partial charge is 0.465 e. The average molecular weight is 440 g/mol. The van der Waals surface area contributed by atoms with Gasteiger partial charge in [0, 0.05) is 11.6 Å². The van der Waals surface area contributed by atoms with Crippen LogP contribution in [0.1, 0.15) is 44.7 Å². The fourth-order valence-electron chi connectivity index (χ4n) is 4.27. The van der Waals surface area contributed by atoms with Crippen molar-refractivity contribution in [1.29, 1.82) is 0 Å². The summed E-state index contributed by atoms with van der Waals surface area (Å²) in [6.07, 6.45) is 2.86. The third kappa shape index (κ3) is 3.92. The van der Waals surface area contributed by atoms with Crippen molar-refractivity contribution in [3.63, 3.8) is 0 Å². The van der Waals surface area contributed by atoms with E-state index in [-0.39, 0.29) is 12.5 Å². The Balaban J connectivity index is 1.94. The lowest BCUT2D eigenvalue weighted by Crippen LogP contribution is -2.50. The molecule has 1 amide bonds. The number of carbonyl (C=O) groups is 2. The fraction of sp³-hybridized carbons (Fsp3) is 0.375. The molecular formula is C24H26ClN3O3. The van der Waals surface area contributed by atoms with Crippen LogP contribution in [0.25, 0.3) is 11.0 Å². The molecule has 1 aromatic heterocycles. The van der Waals surface area contributed by atoms with E-state index in [1.807, 2.05) is 41.0 Å². The van der Waals surface area contributed by atoms with Crippen LogP contribution in [0.5, 0.6) is 0 Å². The van der Waals surface area contributed by atoms with E-state index in [9.17, 15) is 9.59 Å². The third-order valence-corrected chi connectivity index (χ3v) is 5.90. The third-order valence-electron chi connectivity index (χ3n) is 5.66. The van der Waals surface area contributed by atoms with Gasteiger partial charge in [0.15, 0.2) is 5.92 Å². The Morgan fingerprint density at radius 2 is 1.94 bits per heavy atom. The first kappa shape index (κ1) is 21.4. The first-order chi connectivity index (χ1) is 15.1. The SMILES string of the molecule is CCCCCN1C(=O)[C@@H](C(=O)OCC)[C@@H](c2cccc(Cl)c2)n2c1nc1ccccc12. The summed E-state index contributed by atoms with van der Waals surface area (Å²) < 4.78 is 7.35. The number of benzene rings is 2. The van der Waals surface area contributed by atoms with Gasteiger partial charge in [-0.1, -0.05) is 55.6 Å². The first-order valence-electron chi connectivity index (χ1n) is 10.8. The molecular weight excluding hydrogens is 414 g/mol. The average Bonchev–Trinajstić information content (AvgIpc) is 3.14. The van der Waals surface area contributed by atoms with Crippen LogP contribution in [0.3, 0.4) is 0 Å². The van der Waals surface area contributed by atoms with Crippen LogP contribution >= 0.6 is 11.6 Å². The molecule has 0 radical (unpaired) electrons. The zero-order valence-electron chi connectivity index (χ0n) is 17.8. The van der Waals surface area contributed by atoms with E-state index in [1.54, 1.807) is 24.0 Å². The molecule has 6 nitrogen and oxygen atoms in total. The van der Waals surface area contributed by atoms with Crippen molar-refractivity contribution in [2.24, 2.45) is 5.92 Å². The van der Waals surface area contributed by atoms with Gasteiger partial charge in [0.25, 0.3) is 0 Å². The molecule has 0 aliphatic carbocycles. The van der Waals surface area contributed by atoms with Gasteiger partial charge in [-0.2, -0.15) is 0 Å². The van der Waals surface area contributed by atoms with Crippen molar-refractivity contribution in [3.8, 4) is 0 Å². The van der Waals surface area contributed by atoms with Gasteiger partial charge in [0.2, 0.25) is 11.9 Å². The zero-order valence-corrected chi connectivity index (χ0v) is 18.5. The quantitative estimate of drug-likeness (QED) is 0.295. The summed E-state index contributed by atoms with van der Waals surface area (Å²) in [5, 5.41) is 0.545. The number of anilines is 1. The molecule has 3 aromatic rings. The van der Waals surface area contributed by atoms with Crippen molar-refractivity contribution >= 4 is 40.5 Å². The second-order valence-electron chi connectivity index (χ2n) is 7.70. The van der Waals surface area contributed by atoms with E-state index in [0.717, 1.165) is 35.9 Å². The van der Waals surface area contributed by atoms with Gasteiger partial charge in [0.05, 0.1) is 23.7 Å². The number of imidazole rings is 1. The lowest BCUT2D eigenvalue weighted by molar-refractivity contribution is -0.153. The van der Waals surface area contributed by atoms with Crippen molar-refractivity contribution in [3.05, 3.63) is 59.1 Å². The maximum atomic E-state index is 13.7. The number of esters is 1. The number of hydrogen-bond donors (Lipinski definition) is 0. The Labute approximate surface area is 186 Å². The molecule has 162 valence electrons. The number of nitrogens with zero attached hydrogens (tertiary/aromatic N) is 3. The number of hydrogen-bond acceptors (Lipinski definition) is 4. The number of unbranched alkanes of at least 4 members (excludes halogenated alkanes) is 2. The molecule has 0 N–H and O–H groups in total. The topological polar surface area (TPSA) is 64.4 Å². The number of aromatic nitrogens is 2. The van der Waals surface area contributed by atoms with Crippen LogP contribution in [0.15, 0.2) is 48.5 Å². The van der Waals surface area contributed by atoms with E-state index >= 15 is 0 Å². The van der Waals surface area contributed by atoms with Gasteiger partial charge >= 0.3 is 5.97 Å². The summed E-state index contributed by atoms with van der Waals surface area (Å²) in [6.45, 7) is 4.58. The van der Waals surface area contributed by atoms with Crippen LogP contribution in [-0.4, -0.2) is 34.6 Å². The van der Waals surface area contributed by atoms with Crippen molar-refractivity contribution in [2.45, 2.75) is 39.2 Å². The van der Waals surface area contributed by atoms with E-state index in [4.69, 9.17) is 21.3 Å². The highest BCUT2D eigenvalue weighted by Crippen LogP contribution is 2.41. The minimum Gasteiger partial charge on any atom is -0.465 e. The minimum atomic E-state index is -1.01. The number of rotatable bonds is 7. The van der Waals surface area contributed by atoms with Crippen LogP contribution in [0.2, 0.25) is 5.02 Å². The van der Waals surface area contributed by atoms with E-state index in [1.165, 1.54) is 0 Å². The van der Waals surface area contributed by atoms with Gasteiger partial charge in [-0.05, 0) is 43.2 Å². The highest BCUT2D eigenvalue weighted by atomic mass is 35.5. The summed E-state index contributed by atoms with van der Waals surface area (Å²) in [6, 6.07) is 14.4. The molecule has 0 saturated carbocycles. The molecule has 1 aliphatic rings. The van der Waals surface area contributed by atoms with Gasteiger partial charge in [-0.25, -0.2) is 4.98 Å². The summed E-state index contributed by atoms with van der Waals surface area (Å²) in [7, 11) is 0. The van der Waals surface area contributed by atoms with Crippen LogP contribution in [0.4, 0.5) is 5.95 Å². The Bertz CT molecular complexity index is 1110. The Hall–Kier alpha value is -2.86. The minimum absolute atomic E-state index is 0.207. The molecule has 2 heterocycles. The van der Waals surface area contributed by atoms with Crippen molar-refractivity contribution in [1.82, 2.24) is 9.55 Å². The van der Waals surface area contributed by atoms with E-state index < -0.39 is 17.9 Å². The number of ether oxygens (including phenoxy) is 1. The Kier molecular flexibility index (Phi) is 6.28. The highest BCUT2D eigenvalue weighted by molar-refractivity contribution is 6.30. The van der Waals surface area contributed by atoms with Crippen LogP contribution in [0, 0.1) is 5.92 Å². The molecule has 0 saturated heterocycles. The summed E-state index contributed by atoms with van der Waals surface area (Å²) in [5.41, 5.74) is 2.42. The second-order valence-corrected chi connectivity index (χ2v) is 8.13. The first-order valence-corrected chi connectivity index (χ1v) is 11.1. The molecule has 31 heavy (non-hydrogen) atoms. The molecule has 2 aromatic carbocycles. The number of carbonyl (C=O) groups excluding carboxylic acids is 2. The monoisotopic (exact) mass is 439 g/mol. The molecule has 0 bridgehead atoms. The van der Waals surface area contributed by atoms with Crippen molar-refractivity contribution < 1.29 is 14.3 Å². The van der Waals surface area contributed by atoms with Crippen LogP contribution in [-0.2, 0) is 14.3 Å². The fourth-order valence-corrected chi connectivity index (χ4v) is 4.47. The molecule has 1 aliphatic heterocycles. The molecule has 0 spiro atoms. The van der Waals surface area contributed by atoms with Crippen molar-refractivity contribution in [2.75, 3.05) is 18.1 Å². The molecule has 4 rings (SSSR count). The lowest BCUT2D eigenvalue weighted by Gasteiger charge is -2.38. The second kappa shape index (κ2) is 9.10. The number of para-hydroxylation sites is 2. The van der Waals surface area contributed by atoms with E-state index in [0.29, 0.717) is 17.5 Å². The standard InChI is InChI=1S/C24H26ClN3O3/c1-3-5-8-14-27-22(29)20(23(30)31-4-2)21(16-10-9-11-17(25)15-16)28-19-13-7-6-12-18(19)26-24(27)28/h6-7,9-13,15,20-21H,3-5,8,14H2,1-2H3/t20-,21+/m0/s1. The van der Waals surface area contributed by atoms with Gasteiger partial charge in [0.1, 0.15) is 0 Å². The summed E-state index contributed by atoms with van der Waals surface area (Å²) in [4.78, 5) is 33.2. The lowest BCUT2D eigenvalue weighted by atomic mass is 9.89. The molecule has 7 heteroatoms. The normalized spacial score (nSPS) is 18.3. The molecule has 0 unspecified atom stereocenters. The zero-order chi connectivity index (χ0) is 22.0. The predicted octanol–water partition coefficient (Wildman–Crippen LogP) is 5.00. The smallest absolute Gasteiger partial charge is 0.321 e. The Morgan fingerprint density at radius 3 is 2.68 bits per heavy atom. The summed E-state index contributed by atoms with van der Waals surface area (Å²) >= 11 is 6.28.